The van der Waals surface area contributed by atoms with E-state index in [0.29, 0.717) is 5.11 Å². The minimum absolute atomic E-state index is 0.0202. The van der Waals surface area contributed by atoms with Crippen molar-refractivity contribution in [3.05, 3.63) is 78.4 Å². The zero-order valence-corrected chi connectivity index (χ0v) is 14.5. The van der Waals surface area contributed by atoms with Gasteiger partial charge in [-0.15, -0.1) is 0 Å². The second-order valence-corrected chi connectivity index (χ2v) is 6.51. The number of hydrogen-bond donors (Lipinski definition) is 2. The van der Waals surface area contributed by atoms with Crippen molar-refractivity contribution in [1.29, 1.82) is 0 Å². The Morgan fingerprint density at radius 1 is 1.12 bits per heavy atom. The van der Waals surface area contributed by atoms with E-state index in [1.807, 2.05) is 48.1 Å². The van der Waals surface area contributed by atoms with Crippen LogP contribution < -0.4 is 10.2 Å². The third-order valence-corrected chi connectivity index (χ3v) is 4.74. The van der Waals surface area contributed by atoms with Crippen molar-refractivity contribution < 1.29 is 5.11 Å². The van der Waals surface area contributed by atoms with Gasteiger partial charge in [0, 0.05) is 31.3 Å². The highest BCUT2D eigenvalue weighted by molar-refractivity contribution is 7.80. The van der Waals surface area contributed by atoms with E-state index in [1.165, 1.54) is 0 Å². The van der Waals surface area contributed by atoms with Gasteiger partial charge in [-0.25, -0.2) is 0 Å². The molecule has 6 heteroatoms. The van der Waals surface area contributed by atoms with Crippen LogP contribution in [0.5, 0.6) is 5.75 Å². The first-order chi connectivity index (χ1) is 12.1. The Bertz CT molecular complexity index is 891. The summed E-state index contributed by atoms with van der Waals surface area (Å²) in [4.78, 5) is 6.61. The zero-order valence-electron chi connectivity index (χ0n) is 13.7. The molecule has 0 amide bonds. The van der Waals surface area contributed by atoms with E-state index < -0.39 is 0 Å². The van der Waals surface area contributed by atoms with Gasteiger partial charge in [0.15, 0.2) is 5.11 Å². The van der Waals surface area contributed by atoms with Gasteiger partial charge >= 0.3 is 0 Å². The second kappa shape index (κ2) is 6.22. The molecule has 1 aromatic carbocycles. The summed E-state index contributed by atoms with van der Waals surface area (Å²) in [6.07, 6.45) is 5.93. The predicted molar refractivity (Wildman–Crippen MR) is 101 cm³/mol. The Morgan fingerprint density at radius 2 is 1.92 bits per heavy atom. The topological polar surface area (TPSA) is 53.3 Å². The highest BCUT2D eigenvalue weighted by atomic mass is 32.1. The summed E-state index contributed by atoms with van der Waals surface area (Å²) >= 11 is 5.63. The first kappa shape index (κ1) is 15.7. The van der Waals surface area contributed by atoms with Crippen LogP contribution in [-0.2, 0) is 7.05 Å². The Morgan fingerprint density at radius 3 is 2.56 bits per heavy atom. The molecule has 2 atom stereocenters. The van der Waals surface area contributed by atoms with Crippen molar-refractivity contribution >= 4 is 23.0 Å². The number of phenolic OH excluding ortho intramolecular Hbond substituents is 1. The molecule has 1 aliphatic rings. The molecule has 3 heterocycles. The van der Waals surface area contributed by atoms with E-state index >= 15 is 0 Å². The maximum Gasteiger partial charge on any atom is 0.174 e. The normalized spacial score (nSPS) is 19.9. The molecule has 5 nitrogen and oxygen atoms in total. The summed E-state index contributed by atoms with van der Waals surface area (Å²) in [5.74, 6) is 0.236. The summed E-state index contributed by atoms with van der Waals surface area (Å²) < 4.78 is 2.03. The van der Waals surface area contributed by atoms with Crippen molar-refractivity contribution in [2.24, 2.45) is 7.05 Å². The Labute approximate surface area is 151 Å². The van der Waals surface area contributed by atoms with Crippen LogP contribution in [0.2, 0.25) is 0 Å². The number of nitrogens with one attached hydrogen (secondary N) is 1. The van der Waals surface area contributed by atoms with Crippen LogP contribution >= 0.6 is 12.2 Å². The first-order valence-electron chi connectivity index (χ1n) is 8.05. The van der Waals surface area contributed by atoms with Gasteiger partial charge < -0.3 is 19.9 Å². The van der Waals surface area contributed by atoms with E-state index in [1.54, 1.807) is 18.3 Å². The average molecular weight is 350 g/mol. The van der Waals surface area contributed by atoms with Gasteiger partial charge in [-0.2, -0.15) is 0 Å². The van der Waals surface area contributed by atoms with Gasteiger partial charge in [-0.1, -0.05) is 6.07 Å². The quantitative estimate of drug-likeness (QED) is 0.710. The van der Waals surface area contributed by atoms with Crippen molar-refractivity contribution in [1.82, 2.24) is 14.9 Å². The number of aromatic nitrogens is 2. The predicted octanol–water partition coefficient (Wildman–Crippen LogP) is 3.30. The lowest BCUT2D eigenvalue weighted by atomic mass is 9.98. The second-order valence-electron chi connectivity index (χ2n) is 6.12. The molecule has 1 aliphatic heterocycles. The van der Waals surface area contributed by atoms with Gasteiger partial charge in [0.25, 0.3) is 0 Å². The van der Waals surface area contributed by atoms with Gasteiger partial charge in [0.2, 0.25) is 0 Å². The van der Waals surface area contributed by atoms with Gasteiger partial charge in [-0.05, 0) is 60.2 Å². The van der Waals surface area contributed by atoms with Crippen LogP contribution in [0.25, 0.3) is 0 Å². The minimum atomic E-state index is -0.0510. The molecule has 1 fully saturated rings. The molecule has 2 N–H and O–H groups in total. The van der Waals surface area contributed by atoms with Crippen LogP contribution in [0.15, 0.2) is 67.1 Å². The van der Waals surface area contributed by atoms with Gasteiger partial charge in [0.1, 0.15) is 5.75 Å². The largest absolute Gasteiger partial charge is 0.508 e. The fourth-order valence-electron chi connectivity index (χ4n) is 3.28. The third-order valence-electron chi connectivity index (χ3n) is 4.42. The molecule has 0 bridgehead atoms. The smallest absolute Gasteiger partial charge is 0.174 e. The summed E-state index contributed by atoms with van der Waals surface area (Å²) in [5.41, 5.74) is 3.03. The van der Waals surface area contributed by atoms with Crippen LogP contribution in [-0.4, -0.2) is 19.8 Å². The number of hydrogen-bond acceptors (Lipinski definition) is 3. The number of nitrogens with zero attached hydrogens (tertiary/aromatic N) is 3. The summed E-state index contributed by atoms with van der Waals surface area (Å²) in [5, 5.41) is 13.7. The molecule has 4 rings (SSSR count). The van der Waals surface area contributed by atoms with E-state index in [-0.39, 0.29) is 17.8 Å². The lowest BCUT2D eigenvalue weighted by Gasteiger charge is -2.27. The molecule has 0 spiro atoms. The fourth-order valence-corrected chi connectivity index (χ4v) is 3.63. The number of phenols is 1. The fraction of sp³-hybridized carbons (Fsp3) is 0.158. The highest BCUT2D eigenvalue weighted by Crippen LogP contribution is 2.41. The summed E-state index contributed by atoms with van der Waals surface area (Å²) in [7, 11) is 2.00. The van der Waals surface area contributed by atoms with Gasteiger partial charge in [-0.3, -0.25) is 4.98 Å². The van der Waals surface area contributed by atoms with E-state index in [4.69, 9.17) is 12.2 Å². The first-order valence-corrected chi connectivity index (χ1v) is 8.46. The van der Waals surface area contributed by atoms with Crippen LogP contribution in [0.3, 0.4) is 0 Å². The van der Waals surface area contributed by atoms with Crippen molar-refractivity contribution in [3.8, 4) is 5.75 Å². The number of pyridine rings is 1. The number of rotatable bonds is 3. The molecule has 126 valence electrons. The van der Waals surface area contributed by atoms with Crippen LogP contribution in [0.1, 0.15) is 23.3 Å². The molecular weight excluding hydrogens is 332 g/mol. The number of thiocarbonyl (C=S) groups is 1. The lowest BCUT2D eigenvalue weighted by Crippen LogP contribution is -2.29. The molecule has 0 saturated carbocycles. The molecular formula is C19H18N4OS. The number of benzene rings is 1. The van der Waals surface area contributed by atoms with Gasteiger partial charge in [0.05, 0.1) is 17.8 Å². The standard InChI is InChI=1S/C19H18N4OS/c1-22-11-9-13(12-22)18-17(16-4-2-3-10-20-16)21-19(25)23(18)14-5-7-15(24)8-6-14/h2-12,17-18,24H,1H3,(H,21,25)/t17-,18-/m1/s1. The number of aromatic hydroxyl groups is 1. The molecule has 0 unspecified atom stereocenters. The Hall–Kier alpha value is -2.86. The van der Waals surface area contributed by atoms with Crippen molar-refractivity contribution in [2.45, 2.75) is 12.1 Å². The molecule has 3 aromatic rings. The number of aryl methyl sites for hydroxylation is 1. The maximum absolute atomic E-state index is 9.60. The third kappa shape index (κ3) is 2.85. The average Bonchev–Trinajstić information content (AvgIpc) is 3.20. The zero-order chi connectivity index (χ0) is 17.4. The van der Waals surface area contributed by atoms with Crippen molar-refractivity contribution in [3.63, 3.8) is 0 Å². The van der Waals surface area contributed by atoms with Crippen molar-refractivity contribution in [2.75, 3.05) is 4.90 Å². The minimum Gasteiger partial charge on any atom is -0.508 e. The Kier molecular flexibility index (Phi) is 3.89. The lowest BCUT2D eigenvalue weighted by molar-refractivity contribution is 0.475. The maximum atomic E-state index is 9.60. The number of anilines is 1. The summed E-state index contributed by atoms with van der Waals surface area (Å²) in [6, 6.07) is 15.0. The van der Waals surface area contributed by atoms with E-state index in [0.717, 1.165) is 16.9 Å². The molecule has 0 aliphatic carbocycles. The van der Waals surface area contributed by atoms with E-state index in [9.17, 15) is 5.11 Å². The monoisotopic (exact) mass is 350 g/mol. The summed E-state index contributed by atoms with van der Waals surface area (Å²) in [6.45, 7) is 0. The van der Waals surface area contributed by atoms with Crippen LogP contribution in [0, 0.1) is 0 Å². The molecule has 2 aromatic heterocycles. The highest BCUT2D eigenvalue weighted by Gasteiger charge is 2.40. The molecule has 0 radical (unpaired) electrons. The molecule has 1 saturated heterocycles. The van der Waals surface area contributed by atoms with Crippen LogP contribution in [0.4, 0.5) is 5.69 Å². The van der Waals surface area contributed by atoms with E-state index in [2.05, 4.69) is 27.5 Å². The SMILES string of the molecule is Cn1ccc([C@@H]2[C@@H](c3ccccn3)NC(=S)N2c2ccc(O)cc2)c1. The Balaban J connectivity index is 1.81. The molecule has 25 heavy (non-hydrogen) atoms.